The third-order valence-corrected chi connectivity index (χ3v) is 9.89. The summed E-state index contributed by atoms with van der Waals surface area (Å²) in [4.78, 5) is 50.1. The first-order chi connectivity index (χ1) is 24.0. The molecule has 3 aliphatic heterocycles. The number of phenols is 2. The van der Waals surface area contributed by atoms with Gasteiger partial charge in [0.1, 0.15) is 23.7 Å². The molecule has 0 saturated carbocycles. The molecule has 0 spiro atoms. The highest BCUT2D eigenvalue weighted by molar-refractivity contribution is 6.30. The Morgan fingerprint density at radius 3 is 2.20 bits per heavy atom. The standard InChI is InChI=1S/C37H42O14/c1-16-23(38)9-11-28(48-16)50-25-10-12-29(49-17(25)2)51-36-18(3)47-26(13-24(36)39)20-7-8-22-31(33(20)43)35(45)21-6-5-19(32(42)30(21)34(22)44)14-37(4,46)15-27(40)41/h5-9,11,16-18,24-26,28-29,36,39,42-43,46H,10,12-15H2,1-4H3,(H,40,41)/t16-,17+,18-,24+,25+,26-,28+,29+,36-,37+/m1/s1. The van der Waals surface area contributed by atoms with Crippen molar-refractivity contribution in [3.05, 3.63) is 69.8 Å². The summed E-state index contributed by atoms with van der Waals surface area (Å²) in [6, 6.07) is 5.42. The number of phenolic OH excluding ortho intramolecular Hbond substituents is 2. The molecular weight excluding hydrogens is 668 g/mol. The van der Waals surface area contributed by atoms with Crippen LogP contribution in [0.15, 0.2) is 36.4 Å². The van der Waals surface area contributed by atoms with E-state index in [2.05, 4.69) is 0 Å². The molecule has 4 aliphatic rings. The van der Waals surface area contributed by atoms with Crippen molar-refractivity contribution in [3.8, 4) is 11.5 Å². The third kappa shape index (κ3) is 7.35. The van der Waals surface area contributed by atoms with Crippen molar-refractivity contribution in [2.45, 2.75) is 121 Å². The van der Waals surface area contributed by atoms with Gasteiger partial charge in [-0.15, -0.1) is 0 Å². The number of ketones is 3. The van der Waals surface area contributed by atoms with E-state index in [9.17, 15) is 39.6 Å². The predicted molar refractivity (Wildman–Crippen MR) is 175 cm³/mol. The summed E-state index contributed by atoms with van der Waals surface area (Å²) >= 11 is 0. The van der Waals surface area contributed by atoms with E-state index in [1.54, 1.807) is 19.9 Å². The lowest BCUT2D eigenvalue weighted by Gasteiger charge is -2.42. The van der Waals surface area contributed by atoms with Gasteiger partial charge in [-0.05, 0) is 64.0 Å². The first kappa shape index (κ1) is 36.8. The minimum absolute atomic E-state index is 0.00321. The molecule has 3 heterocycles. The fraction of sp³-hybridized carbons (Fsp3) is 0.514. The highest BCUT2D eigenvalue weighted by Crippen LogP contribution is 2.44. The Labute approximate surface area is 293 Å². The maximum Gasteiger partial charge on any atom is 0.306 e. The first-order valence-corrected chi connectivity index (χ1v) is 17.0. The first-order valence-electron chi connectivity index (χ1n) is 17.0. The molecule has 274 valence electrons. The molecule has 2 fully saturated rings. The highest BCUT2D eigenvalue weighted by Gasteiger charge is 2.43. The number of benzene rings is 2. The molecule has 6 rings (SSSR count). The van der Waals surface area contributed by atoms with Crippen LogP contribution >= 0.6 is 0 Å². The molecule has 2 aromatic carbocycles. The normalized spacial score (nSPS) is 31.9. The number of hydrogen-bond acceptors (Lipinski definition) is 13. The maximum absolute atomic E-state index is 13.7. The molecule has 51 heavy (non-hydrogen) atoms. The Morgan fingerprint density at radius 2 is 1.57 bits per heavy atom. The summed E-state index contributed by atoms with van der Waals surface area (Å²) in [6.07, 6.45) is -2.83. The van der Waals surface area contributed by atoms with Gasteiger partial charge in [-0.2, -0.15) is 0 Å². The van der Waals surface area contributed by atoms with Crippen LogP contribution < -0.4 is 0 Å². The van der Waals surface area contributed by atoms with Crippen LogP contribution in [0.3, 0.4) is 0 Å². The number of carbonyl (C=O) groups is 4. The lowest BCUT2D eigenvalue weighted by atomic mass is 9.79. The second-order valence-corrected chi connectivity index (χ2v) is 14.0. The summed E-state index contributed by atoms with van der Waals surface area (Å²) < 4.78 is 30.0. The molecule has 0 radical (unpaired) electrons. The van der Waals surface area contributed by atoms with E-state index >= 15 is 0 Å². The van der Waals surface area contributed by atoms with Crippen LogP contribution in [0.2, 0.25) is 0 Å². The van der Waals surface area contributed by atoms with Crippen LogP contribution in [-0.2, 0) is 39.7 Å². The second-order valence-electron chi connectivity index (χ2n) is 14.0. The Balaban J connectivity index is 1.12. The monoisotopic (exact) mass is 710 g/mol. The lowest BCUT2D eigenvalue weighted by molar-refractivity contribution is -0.292. The van der Waals surface area contributed by atoms with Crippen molar-refractivity contribution in [2.24, 2.45) is 0 Å². The number of carboxylic acid groups (broad SMARTS) is 1. The molecule has 5 N–H and O–H groups in total. The molecule has 14 nitrogen and oxygen atoms in total. The van der Waals surface area contributed by atoms with Gasteiger partial charge in [-0.1, -0.05) is 12.1 Å². The van der Waals surface area contributed by atoms with Crippen LogP contribution in [0.25, 0.3) is 0 Å². The molecule has 2 saturated heterocycles. The number of carboxylic acids is 1. The molecule has 2 aromatic rings. The van der Waals surface area contributed by atoms with E-state index in [0.29, 0.717) is 12.8 Å². The number of aromatic hydroxyl groups is 2. The SMILES string of the molecule is C[C@@H]1O[C@@H](O[C@H]2[C@@H](O)C[C@H](c3ccc4c(c3O)C(=O)c3ccc(C[C@](C)(O)CC(=O)O)c(O)c3C4=O)O[C@@H]2C)CC[C@@H]1O[C@H]1C=CC(=O)[C@@H](C)O1. The Bertz CT molecular complexity index is 1750. The van der Waals surface area contributed by atoms with Gasteiger partial charge in [-0.25, -0.2) is 0 Å². The topological polar surface area (TPSA) is 216 Å². The Hall–Kier alpha value is -4.02. The number of carbonyl (C=O) groups excluding carboxylic acids is 3. The zero-order valence-electron chi connectivity index (χ0n) is 28.6. The number of hydrogen-bond donors (Lipinski definition) is 5. The minimum Gasteiger partial charge on any atom is -0.507 e. The van der Waals surface area contributed by atoms with E-state index < -0.39 is 84.2 Å². The summed E-state index contributed by atoms with van der Waals surface area (Å²) in [6.45, 7) is 6.50. The number of ether oxygens (including phenoxy) is 5. The summed E-state index contributed by atoms with van der Waals surface area (Å²) in [5.41, 5.74) is -2.34. The van der Waals surface area contributed by atoms with Crippen molar-refractivity contribution in [2.75, 3.05) is 0 Å². The van der Waals surface area contributed by atoms with Gasteiger partial charge < -0.3 is 49.2 Å². The third-order valence-electron chi connectivity index (χ3n) is 9.89. The molecule has 0 bridgehead atoms. The average molecular weight is 711 g/mol. The van der Waals surface area contributed by atoms with Gasteiger partial charge in [0.2, 0.25) is 0 Å². The van der Waals surface area contributed by atoms with Gasteiger partial charge in [0, 0.05) is 36.0 Å². The van der Waals surface area contributed by atoms with E-state index in [4.69, 9.17) is 28.8 Å². The molecule has 0 amide bonds. The smallest absolute Gasteiger partial charge is 0.306 e. The summed E-state index contributed by atoms with van der Waals surface area (Å²) in [7, 11) is 0. The molecule has 10 atom stereocenters. The van der Waals surface area contributed by atoms with Crippen LogP contribution in [0.5, 0.6) is 11.5 Å². The molecule has 0 unspecified atom stereocenters. The van der Waals surface area contributed by atoms with Crippen molar-refractivity contribution in [3.63, 3.8) is 0 Å². The number of fused-ring (bicyclic) bond motifs is 2. The summed E-state index contributed by atoms with van der Waals surface area (Å²) in [5.74, 6) is -3.86. The van der Waals surface area contributed by atoms with Crippen molar-refractivity contribution < 1.29 is 68.4 Å². The van der Waals surface area contributed by atoms with Gasteiger partial charge in [0.05, 0.1) is 53.7 Å². The number of aliphatic hydroxyl groups excluding tert-OH is 1. The van der Waals surface area contributed by atoms with Crippen LogP contribution in [0, 0.1) is 0 Å². The fourth-order valence-electron chi connectivity index (χ4n) is 7.27. The van der Waals surface area contributed by atoms with Gasteiger partial charge >= 0.3 is 5.97 Å². The maximum atomic E-state index is 13.7. The van der Waals surface area contributed by atoms with Crippen LogP contribution in [-0.4, -0.2) is 104 Å². The van der Waals surface area contributed by atoms with Crippen molar-refractivity contribution in [1.82, 2.24) is 0 Å². The second kappa shape index (κ2) is 14.2. The van der Waals surface area contributed by atoms with Gasteiger partial charge in [-0.3, -0.25) is 19.2 Å². The van der Waals surface area contributed by atoms with E-state index in [0.717, 1.165) is 0 Å². The highest BCUT2D eigenvalue weighted by atomic mass is 16.7. The minimum atomic E-state index is -1.73. The van der Waals surface area contributed by atoms with E-state index in [1.165, 1.54) is 37.3 Å². The molecular formula is C37H42O14. The Kier molecular flexibility index (Phi) is 10.2. The van der Waals surface area contributed by atoms with Crippen molar-refractivity contribution >= 4 is 23.3 Å². The predicted octanol–water partition coefficient (Wildman–Crippen LogP) is 3.02. The quantitative estimate of drug-likeness (QED) is 0.216. The molecule has 0 aromatic heterocycles. The van der Waals surface area contributed by atoms with Gasteiger partial charge in [0.15, 0.2) is 29.9 Å². The van der Waals surface area contributed by atoms with Crippen molar-refractivity contribution in [1.29, 1.82) is 0 Å². The van der Waals surface area contributed by atoms with E-state index in [1.807, 2.05) is 6.92 Å². The van der Waals surface area contributed by atoms with Crippen LogP contribution in [0.1, 0.15) is 102 Å². The molecule has 14 heteroatoms. The number of rotatable bonds is 9. The Morgan fingerprint density at radius 1 is 0.902 bits per heavy atom. The van der Waals surface area contributed by atoms with Gasteiger partial charge in [0.25, 0.3) is 0 Å². The zero-order valence-corrected chi connectivity index (χ0v) is 28.6. The number of aliphatic carboxylic acids is 1. The number of aliphatic hydroxyl groups is 2. The van der Waals surface area contributed by atoms with E-state index in [-0.39, 0.29) is 64.2 Å². The largest absolute Gasteiger partial charge is 0.507 e. The molecule has 1 aliphatic carbocycles. The lowest BCUT2D eigenvalue weighted by Crippen LogP contribution is -2.50. The van der Waals surface area contributed by atoms with Crippen LogP contribution in [0.4, 0.5) is 0 Å². The fourth-order valence-corrected chi connectivity index (χ4v) is 7.27. The summed E-state index contributed by atoms with van der Waals surface area (Å²) in [5, 5.41) is 53.2. The average Bonchev–Trinajstić information content (AvgIpc) is 3.04. The zero-order chi connectivity index (χ0) is 36.9.